The summed E-state index contributed by atoms with van der Waals surface area (Å²) < 4.78 is 13.2. The minimum absolute atomic E-state index is 0.114. The summed E-state index contributed by atoms with van der Waals surface area (Å²) in [5.41, 5.74) is 1.66. The number of rotatable bonds is 2. The smallest absolute Gasteiger partial charge is 0.161 e. The monoisotopic (exact) mass is 282 g/mol. The molecule has 0 spiro atoms. The van der Waals surface area contributed by atoms with E-state index >= 15 is 0 Å². The van der Waals surface area contributed by atoms with Crippen molar-refractivity contribution in [1.29, 1.82) is 0 Å². The van der Waals surface area contributed by atoms with Gasteiger partial charge in [-0.05, 0) is 42.8 Å². The highest BCUT2D eigenvalue weighted by Gasteiger charge is 2.10. The SMILES string of the molecule is CC(=O)c1ccc(-c2cc(F)ccc2Cl)cc1Cl. The van der Waals surface area contributed by atoms with Crippen LogP contribution >= 0.6 is 23.2 Å². The van der Waals surface area contributed by atoms with Crippen molar-refractivity contribution in [3.63, 3.8) is 0 Å². The molecule has 0 bridgehead atoms. The Morgan fingerprint density at radius 1 is 1.06 bits per heavy atom. The molecule has 0 aliphatic carbocycles. The maximum Gasteiger partial charge on any atom is 0.161 e. The van der Waals surface area contributed by atoms with Crippen LogP contribution in [-0.2, 0) is 0 Å². The number of Topliss-reactive ketones (excluding diaryl/α,β-unsaturated/α-hetero) is 1. The highest BCUT2D eigenvalue weighted by atomic mass is 35.5. The number of benzene rings is 2. The Labute approximate surface area is 114 Å². The lowest BCUT2D eigenvalue weighted by Gasteiger charge is -2.07. The molecule has 2 rings (SSSR count). The van der Waals surface area contributed by atoms with Crippen LogP contribution in [0.2, 0.25) is 10.0 Å². The zero-order valence-corrected chi connectivity index (χ0v) is 11.0. The molecule has 1 nitrogen and oxygen atoms in total. The summed E-state index contributed by atoms with van der Waals surface area (Å²) >= 11 is 12.0. The van der Waals surface area contributed by atoms with E-state index in [9.17, 15) is 9.18 Å². The Kier molecular flexibility index (Phi) is 3.69. The molecule has 92 valence electrons. The van der Waals surface area contributed by atoms with E-state index in [1.807, 2.05) is 0 Å². The standard InChI is InChI=1S/C14H9Cl2FO/c1-8(18)11-4-2-9(6-14(11)16)12-7-10(17)3-5-13(12)15/h2-7H,1H3. The topological polar surface area (TPSA) is 17.1 Å². The molecular formula is C14H9Cl2FO. The van der Waals surface area contributed by atoms with Crippen LogP contribution in [-0.4, -0.2) is 5.78 Å². The number of hydrogen-bond donors (Lipinski definition) is 0. The van der Waals surface area contributed by atoms with Crippen molar-refractivity contribution in [2.45, 2.75) is 6.92 Å². The van der Waals surface area contributed by atoms with Gasteiger partial charge >= 0.3 is 0 Å². The Balaban J connectivity index is 2.55. The Hall–Kier alpha value is -1.38. The second-order valence-corrected chi connectivity index (χ2v) is 4.69. The van der Waals surface area contributed by atoms with E-state index in [0.717, 1.165) is 0 Å². The van der Waals surface area contributed by atoms with Crippen LogP contribution in [0.5, 0.6) is 0 Å². The molecule has 2 aromatic carbocycles. The number of carbonyl (C=O) groups excluding carboxylic acids is 1. The van der Waals surface area contributed by atoms with Gasteiger partial charge < -0.3 is 0 Å². The number of carbonyl (C=O) groups is 1. The fraction of sp³-hybridized carbons (Fsp3) is 0.0714. The lowest BCUT2D eigenvalue weighted by Crippen LogP contribution is -1.93. The van der Waals surface area contributed by atoms with Crippen molar-refractivity contribution in [3.05, 3.63) is 57.8 Å². The summed E-state index contributed by atoms with van der Waals surface area (Å²) in [6.07, 6.45) is 0. The molecule has 0 saturated heterocycles. The molecule has 0 radical (unpaired) electrons. The molecule has 0 fully saturated rings. The molecule has 0 amide bonds. The molecule has 0 aromatic heterocycles. The minimum atomic E-state index is -0.374. The normalized spacial score (nSPS) is 10.4. The molecule has 0 atom stereocenters. The summed E-state index contributed by atoms with van der Waals surface area (Å²) in [5, 5.41) is 0.767. The van der Waals surface area contributed by atoms with Crippen molar-refractivity contribution >= 4 is 29.0 Å². The van der Waals surface area contributed by atoms with Gasteiger partial charge in [0.05, 0.1) is 5.02 Å². The van der Waals surface area contributed by atoms with E-state index < -0.39 is 0 Å². The van der Waals surface area contributed by atoms with Gasteiger partial charge in [-0.3, -0.25) is 4.79 Å². The quantitative estimate of drug-likeness (QED) is 0.709. The fourth-order valence-electron chi connectivity index (χ4n) is 1.69. The molecule has 0 aliphatic heterocycles. The molecule has 18 heavy (non-hydrogen) atoms. The van der Waals surface area contributed by atoms with Gasteiger partial charge in [0.2, 0.25) is 0 Å². The molecule has 0 N–H and O–H groups in total. The third-order valence-electron chi connectivity index (χ3n) is 2.59. The molecule has 2 aromatic rings. The maximum absolute atomic E-state index is 13.2. The predicted molar refractivity (Wildman–Crippen MR) is 71.9 cm³/mol. The van der Waals surface area contributed by atoms with Crippen LogP contribution in [0, 0.1) is 5.82 Å². The summed E-state index contributed by atoms with van der Waals surface area (Å²) in [5.74, 6) is -0.488. The third kappa shape index (κ3) is 2.55. The van der Waals surface area contributed by atoms with Crippen molar-refractivity contribution in [1.82, 2.24) is 0 Å². The van der Waals surface area contributed by atoms with E-state index in [-0.39, 0.29) is 11.6 Å². The van der Waals surface area contributed by atoms with Crippen LogP contribution < -0.4 is 0 Å². The molecule has 0 aliphatic rings. The van der Waals surface area contributed by atoms with Crippen LogP contribution in [0.25, 0.3) is 11.1 Å². The first-order chi connectivity index (χ1) is 8.49. The highest BCUT2D eigenvalue weighted by Crippen LogP contribution is 2.31. The van der Waals surface area contributed by atoms with Gasteiger partial charge in [0.15, 0.2) is 5.78 Å². The van der Waals surface area contributed by atoms with Gasteiger partial charge in [-0.1, -0.05) is 29.3 Å². The lowest BCUT2D eigenvalue weighted by molar-refractivity contribution is 0.101. The van der Waals surface area contributed by atoms with Gasteiger partial charge in [0.25, 0.3) is 0 Å². The molecular weight excluding hydrogens is 274 g/mol. The van der Waals surface area contributed by atoms with Crippen LogP contribution in [0.4, 0.5) is 4.39 Å². The average Bonchev–Trinajstić information content (AvgIpc) is 2.31. The van der Waals surface area contributed by atoms with Crippen molar-refractivity contribution in [2.24, 2.45) is 0 Å². The summed E-state index contributed by atoms with van der Waals surface area (Å²) in [6.45, 7) is 1.44. The average molecular weight is 283 g/mol. The molecule has 4 heteroatoms. The van der Waals surface area contributed by atoms with Crippen molar-refractivity contribution in [3.8, 4) is 11.1 Å². The predicted octanol–water partition coefficient (Wildman–Crippen LogP) is 5.00. The number of ketones is 1. The second kappa shape index (κ2) is 5.09. The first-order valence-electron chi connectivity index (χ1n) is 5.25. The zero-order valence-electron chi connectivity index (χ0n) is 9.51. The fourth-order valence-corrected chi connectivity index (χ4v) is 2.23. The summed E-state index contributed by atoms with van der Waals surface area (Å²) in [4.78, 5) is 11.3. The third-order valence-corrected chi connectivity index (χ3v) is 3.23. The van der Waals surface area contributed by atoms with Crippen molar-refractivity contribution < 1.29 is 9.18 Å². The van der Waals surface area contributed by atoms with Crippen LogP contribution in [0.15, 0.2) is 36.4 Å². The minimum Gasteiger partial charge on any atom is -0.294 e. The maximum atomic E-state index is 13.2. The molecule has 0 saturated carbocycles. The van der Waals surface area contributed by atoms with Crippen LogP contribution in [0.1, 0.15) is 17.3 Å². The zero-order chi connectivity index (χ0) is 13.3. The van der Waals surface area contributed by atoms with E-state index in [0.29, 0.717) is 26.7 Å². The van der Waals surface area contributed by atoms with Gasteiger partial charge in [-0.15, -0.1) is 0 Å². The first kappa shape index (κ1) is 13.1. The van der Waals surface area contributed by atoms with Crippen LogP contribution in [0.3, 0.4) is 0 Å². The highest BCUT2D eigenvalue weighted by molar-refractivity contribution is 6.35. The van der Waals surface area contributed by atoms with E-state index in [1.54, 1.807) is 18.2 Å². The van der Waals surface area contributed by atoms with Crippen molar-refractivity contribution in [2.75, 3.05) is 0 Å². The lowest BCUT2D eigenvalue weighted by atomic mass is 10.0. The molecule has 0 unspecified atom stereocenters. The second-order valence-electron chi connectivity index (χ2n) is 3.87. The van der Waals surface area contributed by atoms with Gasteiger partial charge in [0.1, 0.15) is 5.82 Å². The first-order valence-corrected chi connectivity index (χ1v) is 6.00. The number of hydrogen-bond acceptors (Lipinski definition) is 1. The Bertz CT molecular complexity index is 623. The Morgan fingerprint density at radius 2 is 1.78 bits per heavy atom. The summed E-state index contributed by atoms with van der Waals surface area (Å²) in [6, 6.07) is 9.03. The van der Waals surface area contributed by atoms with Gasteiger partial charge in [-0.2, -0.15) is 0 Å². The number of halogens is 3. The van der Waals surface area contributed by atoms with E-state index in [2.05, 4.69) is 0 Å². The summed E-state index contributed by atoms with van der Waals surface area (Å²) in [7, 11) is 0. The van der Waals surface area contributed by atoms with Gasteiger partial charge in [-0.25, -0.2) is 4.39 Å². The van der Waals surface area contributed by atoms with Gasteiger partial charge in [0, 0.05) is 16.1 Å². The Morgan fingerprint density at radius 3 is 2.39 bits per heavy atom. The van der Waals surface area contributed by atoms with E-state index in [1.165, 1.54) is 25.1 Å². The largest absolute Gasteiger partial charge is 0.294 e. The van der Waals surface area contributed by atoms with E-state index in [4.69, 9.17) is 23.2 Å². The molecule has 0 heterocycles.